The first-order chi connectivity index (χ1) is 16.3. The molecule has 0 bridgehead atoms. The van der Waals surface area contributed by atoms with Crippen LogP contribution in [0.4, 0.5) is 22.7 Å². The predicted molar refractivity (Wildman–Crippen MR) is 135 cm³/mol. The highest BCUT2D eigenvalue weighted by Gasteiger charge is 2.25. The molecular formula is C24H31N5O4S. The number of rotatable bonds is 7. The van der Waals surface area contributed by atoms with Gasteiger partial charge < -0.3 is 9.80 Å². The fraction of sp³-hybridized carbons (Fsp3) is 0.458. The maximum atomic E-state index is 13.1. The standard InChI is InChI=1S/C24H31N5O4S/c1-26(2)34(32,33)24-17-20(8-10-23(24)28-12-4-3-5-13-28)25-18-19-16-21(29(30)31)9-11-22(19)27-14-6-7-15-27/h8-11,16-18H,3-7,12-15H2,1-2H3. The van der Waals surface area contributed by atoms with Crippen LogP contribution >= 0.6 is 0 Å². The zero-order valence-corrected chi connectivity index (χ0v) is 20.5. The Morgan fingerprint density at radius 3 is 2.12 bits per heavy atom. The number of benzene rings is 2. The highest BCUT2D eigenvalue weighted by atomic mass is 32.2. The third-order valence-electron chi connectivity index (χ3n) is 6.42. The molecule has 0 aromatic heterocycles. The lowest BCUT2D eigenvalue weighted by Gasteiger charge is -2.31. The Balaban J connectivity index is 1.73. The third-order valence-corrected chi connectivity index (χ3v) is 8.26. The summed E-state index contributed by atoms with van der Waals surface area (Å²) >= 11 is 0. The minimum Gasteiger partial charge on any atom is -0.371 e. The van der Waals surface area contributed by atoms with Crippen molar-refractivity contribution in [3.05, 3.63) is 52.1 Å². The van der Waals surface area contributed by atoms with Gasteiger partial charge in [-0.1, -0.05) is 0 Å². The third kappa shape index (κ3) is 5.07. The van der Waals surface area contributed by atoms with Crippen LogP contribution in [0.1, 0.15) is 37.7 Å². The molecular weight excluding hydrogens is 454 g/mol. The molecule has 2 saturated heterocycles. The molecule has 4 rings (SSSR count). The van der Waals surface area contributed by atoms with Crippen LogP contribution in [0.3, 0.4) is 0 Å². The summed E-state index contributed by atoms with van der Waals surface area (Å²) in [6.45, 7) is 3.44. The zero-order valence-electron chi connectivity index (χ0n) is 19.7. The van der Waals surface area contributed by atoms with E-state index in [4.69, 9.17) is 0 Å². The minimum atomic E-state index is -3.68. The van der Waals surface area contributed by atoms with Gasteiger partial charge in [-0.3, -0.25) is 15.1 Å². The van der Waals surface area contributed by atoms with Crippen LogP contribution in [0.5, 0.6) is 0 Å². The van der Waals surface area contributed by atoms with Crippen molar-refractivity contribution in [2.45, 2.75) is 37.0 Å². The summed E-state index contributed by atoms with van der Waals surface area (Å²) in [6.07, 6.45) is 6.98. The number of nitro benzene ring substituents is 1. The number of hydrogen-bond acceptors (Lipinski definition) is 7. The maximum Gasteiger partial charge on any atom is 0.270 e. The molecule has 9 nitrogen and oxygen atoms in total. The van der Waals surface area contributed by atoms with Gasteiger partial charge in [0.05, 0.1) is 16.3 Å². The van der Waals surface area contributed by atoms with Gasteiger partial charge in [-0.15, -0.1) is 0 Å². The van der Waals surface area contributed by atoms with Gasteiger partial charge in [0.15, 0.2) is 0 Å². The summed E-state index contributed by atoms with van der Waals surface area (Å²) in [5.41, 5.74) is 2.73. The van der Waals surface area contributed by atoms with E-state index >= 15 is 0 Å². The molecule has 0 radical (unpaired) electrons. The topological polar surface area (TPSA) is 99.4 Å². The van der Waals surface area contributed by atoms with Gasteiger partial charge in [-0.2, -0.15) is 0 Å². The Morgan fingerprint density at radius 1 is 0.912 bits per heavy atom. The van der Waals surface area contributed by atoms with E-state index in [1.807, 2.05) is 12.1 Å². The fourth-order valence-corrected chi connectivity index (χ4v) is 5.66. The zero-order chi connectivity index (χ0) is 24.3. The van der Waals surface area contributed by atoms with E-state index in [9.17, 15) is 18.5 Å². The van der Waals surface area contributed by atoms with Crippen LogP contribution in [0.15, 0.2) is 46.3 Å². The van der Waals surface area contributed by atoms with Crippen LogP contribution in [0.2, 0.25) is 0 Å². The van der Waals surface area contributed by atoms with Crippen molar-refractivity contribution in [1.29, 1.82) is 0 Å². The van der Waals surface area contributed by atoms with Crippen molar-refractivity contribution in [3.8, 4) is 0 Å². The molecule has 0 N–H and O–H groups in total. The number of non-ortho nitro benzene ring substituents is 1. The van der Waals surface area contributed by atoms with E-state index in [0.717, 1.165) is 64.0 Å². The molecule has 0 spiro atoms. The second kappa shape index (κ2) is 10.1. The predicted octanol–water partition coefficient (Wildman–Crippen LogP) is 4.19. The van der Waals surface area contributed by atoms with Crippen molar-refractivity contribution in [1.82, 2.24) is 4.31 Å². The Hall–Kier alpha value is -2.98. The molecule has 0 amide bonds. The molecule has 2 aromatic carbocycles. The highest BCUT2D eigenvalue weighted by Crippen LogP contribution is 2.33. The molecule has 2 heterocycles. The smallest absolute Gasteiger partial charge is 0.270 e. The Morgan fingerprint density at radius 2 is 1.50 bits per heavy atom. The van der Waals surface area contributed by atoms with Crippen LogP contribution < -0.4 is 9.80 Å². The van der Waals surface area contributed by atoms with Crippen LogP contribution in [-0.2, 0) is 10.0 Å². The summed E-state index contributed by atoms with van der Waals surface area (Å²) in [6, 6.07) is 10.0. The molecule has 2 aliphatic heterocycles. The monoisotopic (exact) mass is 485 g/mol. The number of sulfonamides is 1. The van der Waals surface area contributed by atoms with Gasteiger partial charge in [-0.05, 0) is 56.4 Å². The average molecular weight is 486 g/mol. The number of nitrogens with zero attached hydrogens (tertiary/aromatic N) is 5. The Labute approximate surface area is 200 Å². The molecule has 0 atom stereocenters. The van der Waals surface area contributed by atoms with Crippen LogP contribution in [0.25, 0.3) is 0 Å². The Bertz CT molecular complexity index is 1180. The molecule has 0 unspecified atom stereocenters. The number of aliphatic imine (C=N–C) groups is 1. The van der Waals surface area contributed by atoms with Gasteiger partial charge >= 0.3 is 0 Å². The molecule has 2 aromatic rings. The average Bonchev–Trinajstić information content (AvgIpc) is 3.37. The second-order valence-electron chi connectivity index (χ2n) is 8.94. The lowest BCUT2D eigenvalue weighted by Crippen LogP contribution is -2.32. The fourth-order valence-electron chi connectivity index (χ4n) is 4.53. The number of nitro groups is 1. The molecule has 2 fully saturated rings. The van der Waals surface area contributed by atoms with E-state index in [0.29, 0.717) is 16.9 Å². The summed E-state index contributed by atoms with van der Waals surface area (Å²) in [7, 11) is -0.632. The molecule has 0 saturated carbocycles. The lowest BCUT2D eigenvalue weighted by atomic mass is 10.1. The number of piperidine rings is 1. The quantitative estimate of drug-likeness (QED) is 0.331. The lowest BCUT2D eigenvalue weighted by molar-refractivity contribution is -0.384. The van der Waals surface area contributed by atoms with E-state index in [1.165, 1.54) is 30.5 Å². The molecule has 0 aliphatic carbocycles. The molecule has 10 heteroatoms. The van der Waals surface area contributed by atoms with Crippen molar-refractivity contribution in [2.75, 3.05) is 50.1 Å². The summed E-state index contributed by atoms with van der Waals surface area (Å²) in [5, 5.41) is 11.3. The maximum absolute atomic E-state index is 13.1. The van der Waals surface area contributed by atoms with Crippen LogP contribution in [-0.4, -0.2) is 64.1 Å². The highest BCUT2D eigenvalue weighted by molar-refractivity contribution is 7.89. The van der Waals surface area contributed by atoms with Gasteiger partial charge in [0, 0.05) is 69.9 Å². The van der Waals surface area contributed by atoms with Crippen LogP contribution in [0, 0.1) is 10.1 Å². The molecule has 2 aliphatic rings. The van der Waals surface area contributed by atoms with Crippen molar-refractivity contribution in [2.24, 2.45) is 4.99 Å². The number of hydrogen-bond donors (Lipinski definition) is 0. The van der Waals surface area contributed by atoms with Crippen molar-refractivity contribution in [3.63, 3.8) is 0 Å². The Kier molecular flexibility index (Phi) is 7.18. The summed E-state index contributed by atoms with van der Waals surface area (Å²) in [4.78, 5) is 20.0. The SMILES string of the molecule is CN(C)S(=O)(=O)c1cc(N=Cc2cc([N+](=O)[O-])ccc2N2CCCC2)ccc1N1CCCCC1. The van der Waals surface area contributed by atoms with Gasteiger partial charge in [0.2, 0.25) is 10.0 Å². The van der Waals surface area contributed by atoms with Gasteiger partial charge in [-0.25, -0.2) is 12.7 Å². The van der Waals surface area contributed by atoms with E-state index in [-0.39, 0.29) is 10.6 Å². The second-order valence-corrected chi connectivity index (χ2v) is 11.1. The van der Waals surface area contributed by atoms with Gasteiger partial charge in [0.25, 0.3) is 5.69 Å². The van der Waals surface area contributed by atoms with Gasteiger partial charge in [0.1, 0.15) is 4.90 Å². The van der Waals surface area contributed by atoms with E-state index in [2.05, 4.69) is 14.8 Å². The first kappa shape index (κ1) is 24.2. The van der Waals surface area contributed by atoms with Crippen molar-refractivity contribution >= 4 is 39.0 Å². The normalized spacial score (nSPS) is 17.1. The molecule has 182 valence electrons. The van der Waals surface area contributed by atoms with Crippen molar-refractivity contribution < 1.29 is 13.3 Å². The largest absolute Gasteiger partial charge is 0.371 e. The minimum absolute atomic E-state index is 0.000665. The first-order valence-corrected chi connectivity index (χ1v) is 13.1. The first-order valence-electron chi connectivity index (χ1n) is 11.7. The molecule has 34 heavy (non-hydrogen) atoms. The summed E-state index contributed by atoms with van der Waals surface area (Å²) < 4.78 is 27.5. The van der Waals surface area contributed by atoms with E-state index in [1.54, 1.807) is 18.3 Å². The van der Waals surface area contributed by atoms with E-state index < -0.39 is 14.9 Å². The summed E-state index contributed by atoms with van der Waals surface area (Å²) in [5.74, 6) is 0. The number of anilines is 2.